The second-order valence-electron chi connectivity index (χ2n) is 10.5. The summed E-state index contributed by atoms with van der Waals surface area (Å²) in [5.41, 5.74) is 3.65. The Kier molecular flexibility index (Phi) is 20.2. The quantitative estimate of drug-likeness (QED) is 0.126. The molecule has 0 aliphatic carbocycles. The van der Waals surface area contributed by atoms with Crippen molar-refractivity contribution in [3.63, 3.8) is 0 Å². The van der Waals surface area contributed by atoms with Crippen molar-refractivity contribution in [2.24, 2.45) is 0 Å². The topological polar surface area (TPSA) is 125 Å². The smallest absolute Gasteiger partial charge is 0.550 e. The summed E-state index contributed by atoms with van der Waals surface area (Å²) in [5.74, 6) is 0.175. The number of Topliss-reactive ketones (excluding diaryl/α,β-unsaturated/α-hetero) is 1. The van der Waals surface area contributed by atoms with Gasteiger partial charge in [-0.05, 0) is 93.5 Å². The molecule has 0 bridgehead atoms. The summed E-state index contributed by atoms with van der Waals surface area (Å²) in [7, 11) is 0. The molecule has 0 saturated carbocycles. The Labute approximate surface area is 299 Å². The van der Waals surface area contributed by atoms with Crippen molar-refractivity contribution < 1.29 is 97.9 Å². The largest absolute Gasteiger partial charge is 1.00 e. The van der Waals surface area contributed by atoms with Gasteiger partial charge in [0.2, 0.25) is 0 Å². The van der Waals surface area contributed by atoms with Gasteiger partial charge in [-0.2, -0.15) is 0 Å². The van der Waals surface area contributed by atoms with Crippen molar-refractivity contribution in [2.45, 2.75) is 96.8 Å². The maximum absolute atomic E-state index is 12.2. The molecule has 0 amide bonds. The molecule has 3 rings (SSSR count). The molecule has 43 heavy (non-hydrogen) atoms. The minimum absolute atomic E-state index is 0. The first kappa shape index (κ1) is 39.5. The molecule has 8 nitrogen and oxygen atoms in total. The summed E-state index contributed by atoms with van der Waals surface area (Å²) in [6.45, 7) is 3.56. The van der Waals surface area contributed by atoms with Crippen LogP contribution in [0, 0.1) is 0 Å². The third-order valence-corrected chi connectivity index (χ3v) is 7.28. The number of carboxylic acids is 2. The summed E-state index contributed by atoms with van der Waals surface area (Å²) in [6.07, 6.45) is 9.18. The van der Waals surface area contributed by atoms with Gasteiger partial charge in [0.05, 0.1) is 25.4 Å². The summed E-state index contributed by atoms with van der Waals surface area (Å²) >= 11 is 0. The van der Waals surface area contributed by atoms with Crippen molar-refractivity contribution in [3.05, 3.63) is 52.6 Å². The molecular weight excluding hydrogens is 570 g/mol. The van der Waals surface area contributed by atoms with E-state index in [0.29, 0.717) is 56.1 Å². The molecule has 0 N–H and O–H groups in total. The van der Waals surface area contributed by atoms with Crippen molar-refractivity contribution in [1.29, 1.82) is 0 Å². The van der Waals surface area contributed by atoms with E-state index < -0.39 is 11.9 Å². The van der Waals surface area contributed by atoms with Gasteiger partial charge in [0, 0.05) is 23.9 Å². The van der Waals surface area contributed by atoms with Crippen LogP contribution in [0.4, 0.5) is 0 Å². The Bertz CT molecular complexity index is 1170. The maximum Gasteiger partial charge on any atom is 1.00 e. The Morgan fingerprint density at radius 2 is 1.42 bits per heavy atom. The van der Waals surface area contributed by atoms with Crippen LogP contribution < -0.4 is 83.5 Å². The van der Waals surface area contributed by atoms with E-state index in [9.17, 15) is 24.6 Å². The number of aliphatic carboxylic acids is 2. The number of ether oxygens (including phenoxy) is 3. The number of carbonyl (C=O) groups excluding carboxylic acids is 3. The summed E-state index contributed by atoms with van der Waals surface area (Å²) in [4.78, 5) is 33.9. The molecule has 0 unspecified atom stereocenters. The van der Waals surface area contributed by atoms with Crippen LogP contribution in [-0.4, -0.2) is 37.5 Å². The molecule has 224 valence electrons. The van der Waals surface area contributed by atoms with E-state index in [1.165, 1.54) is 0 Å². The number of carbonyl (C=O) groups is 3. The van der Waals surface area contributed by atoms with Gasteiger partial charge in [-0.3, -0.25) is 4.79 Å². The van der Waals surface area contributed by atoms with E-state index in [0.717, 1.165) is 80.2 Å². The molecule has 0 fully saturated rings. The third-order valence-electron chi connectivity index (χ3n) is 7.28. The Hall–Kier alpha value is -1.55. The van der Waals surface area contributed by atoms with Crippen molar-refractivity contribution in [3.8, 4) is 17.2 Å². The van der Waals surface area contributed by atoms with Crippen molar-refractivity contribution >= 4 is 17.7 Å². The van der Waals surface area contributed by atoms with Crippen LogP contribution in [-0.2, 0) is 28.9 Å². The number of carboxylic acid groups (broad SMARTS) is 2. The molecule has 2 aromatic carbocycles. The van der Waals surface area contributed by atoms with Gasteiger partial charge in [0.15, 0.2) is 5.78 Å². The first-order valence-electron chi connectivity index (χ1n) is 15.0. The minimum atomic E-state index is -1.09. The number of benzene rings is 2. The van der Waals surface area contributed by atoms with E-state index >= 15 is 0 Å². The molecule has 1 aliphatic rings. The number of rotatable bonds is 20. The number of hydrogen-bond acceptors (Lipinski definition) is 8. The predicted molar refractivity (Wildman–Crippen MR) is 151 cm³/mol. The molecule has 1 heterocycles. The third kappa shape index (κ3) is 13.5. The molecule has 10 heteroatoms. The molecule has 1 aliphatic heterocycles. The van der Waals surface area contributed by atoms with Crippen LogP contribution in [0.15, 0.2) is 30.3 Å². The molecular formula is C33H42Na2O8. The average molecular weight is 613 g/mol. The summed E-state index contributed by atoms with van der Waals surface area (Å²) in [6, 6.07) is 9.53. The van der Waals surface area contributed by atoms with Gasteiger partial charge in [-0.15, -0.1) is 0 Å². The van der Waals surface area contributed by atoms with Crippen molar-refractivity contribution in [1.82, 2.24) is 0 Å². The molecule has 2 aromatic rings. The first-order chi connectivity index (χ1) is 19.9. The van der Waals surface area contributed by atoms with Gasteiger partial charge in [0.25, 0.3) is 0 Å². The fourth-order valence-corrected chi connectivity index (χ4v) is 5.17. The van der Waals surface area contributed by atoms with E-state index in [1.54, 1.807) is 0 Å². The number of aryl methyl sites for hydroxylation is 1. The van der Waals surface area contributed by atoms with Gasteiger partial charge in [-0.1, -0.05) is 38.3 Å². The zero-order valence-electron chi connectivity index (χ0n) is 26.2. The number of hydrogen-bond donors (Lipinski definition) is 0. The standard InChI is InChI=1S/C33H44O8.2Na/c1-2-11-27-30(18-16-26-28(34)20-23-41-33(26)27)40-21-8-4-3-6-12-24-13-10-14-29(25(24)17-19-32(37)38)39-22-9-5-7-15-31(35)36;;/h10,13-14,16,18H,2-9,11-12,15,17,19-23H2,1H3,(H,35,36)(H,37,38);;/q;2*+1/p-2. The zero-order chi connectivity index (χ0) is 29.5. The van der Waals surface area contributed by atoms with E-state index in [-0.39, 0.29) is 77.7 Å². The SMILES string of the molecule is CCCc1c(OCCCCCCc2cccc(OCCCCCC(=O)[O-])c2CCC(=O)[O-])ccc2c1OCCC2=O.[Na+].[Na+]. The number of fused-ring (bicyclic) bond motifs is 1. The van der Waals surface area contributed by atoms with Crippen LogP contribution in [0.2, 0.25) is 0 Å². The normalized spacial score (nSPS) is 11.9. The Morgan fingerprint density at radius 3 is 2.09 bits per heavy atom. The summed E-state index contributed by atoms with van der Waals surface area (Å²) in [5, 5.41) is 21.7. The Morgan fingerprint density at radius 1 is 0.767 bits per heavy atom. The minimum Gasteiger partial charge on any atom is -0.550 e. The molecule has 0 radical (unpaired) electrons. The monoisotopic (exact) mass is 612 g/mol. The van der Waals surface area contributed by atoms with Crippen LogP contribution in [0.1, 0.15) is 105 Å². The van der Waals surface area contributed by atoms with Crippen LogP contribution >= 0.6 is 0 Å². The number of ketones is 1. The molecule has 0 aromatic heterocycles. The van der Waals surface area contributed by atoms with Gasteiger partial charge >= 0.3 is 59.1 Å². The molecule has 0 atom stereocenters. The van der Waals surface area contributed by atoms with Gasteiger partial charge in [0.1, 0.15) is 17.2 Å². The zero-order valence-corrected chi connectivity index (χ0v) is 30.2. The van der Waals surface area contributed by atoms with Crippen LogP contribution in [0.3, 0.4) is 0 Å². The van der Waals surface area contributed by atoms with Gasteiger partial charge < -0.3 is 34.0 Å². The van der Waals surface area contributed by atoms with Gasteiger partial charge in [-0.25, -0.2) is 0 Å². The van der Waals surface area contributed by atoms with Crippen molar-refractivity contribution in [2.75, 3.05) is 19.8 Å². The average Bonchev–Trinajstić information content (AvgIpc) is 2.94. The predicted octanol–water partition coefficient (Wildman–Crippen LogP) is -1.83. The molecule has 0 saturated heterocycles. The second-order valence-corrected chi connectivity index (χ2v) is 10.5. The number of unbranched alkanes of at least 4 members (excludes halogenated alkanes) is 5. The fraction of sp³-hybridized carbons (Fsp3) is 0.545. The van der Waals surface area contributed by atoms with E-state index in [1.807, 2.05) is 30.3 Å². The van der Waals surface area contributed by atoms with Crippen LogP contribution in [0.25, 0.3) is 0 Å². The second kappa shape index (κ2) is 22.0. The molecule has 0 spiro atoms. The van der Waals surface area contributed by atoms with Crippen LogP contribution in [0.5, 0.6) is 17.2 Å². The Balaban J connectivity index is 0.00000462. The fourth-order valence-electron chi connectivity index (χ4n) is 5.17. The maximum atomic E-state index is 12.2. The van der Waals surface area contributed by atoms with E-state index in [2.05, 4.69) is 6.92 Å². The van der Waals surface area contributed by atoms with E-state index in [4.69, 9.17) is 14.2 Å². The summed E-state index contributed by atoms with van der Waals surface area (Å²) < 4.78 is 17.9. The first-order valence-corrected chi connectivity index (χ1v) is 15.0.